The van der Waals surface area contributed by atoms with Gasteiger partial charge in [-0.25, -0.2) is 0 Å². The van der Waals surface area contributed by atoms with Crippen molar-refractivity contribution in [3.05, 3.63) is 33.8 Å². The summed E-state index contributed by atoms with van der Waals surface area (Å²) in [5, 5.41) is 21.0. The van der Waals surface area contributed by atoms with Crippen LogP contribution >= 0.6 is 0 Å². The molecule has 2 fully saturated rings. The molecule has 1 aliphatic carbocycles. The van der Waals surface area contributed by atoms with Crippen molar-refractivity contribution in [2.24, 2.45) is 5.92 Å². The summed E-state index contributed by atoms with van der Waals surface area (Å²) in [6.45, 7) is 7.09. The molecule has 3 heterocycles. The van der Waals surface area contributed by atoms with E-state index in [0.717, 1.165) is 30.4 Å². The van der Waals surface area contributed by atoms with Crippen LogP contribution in [0.3, 0.4) is 0 Å². The Morgan fingerprint density at radius 2 is 2.03 bits per heavy atom. The van der Waals surface area contributed by atoms with Gasteiger partial charge in [0.25, 0.3) is 11.5 Å². The van der Waals surface area contributed by atoms with Gasteiger partial charge >= 0.3 is 0 Å². The highest BCUT2D eigenvalue weighted by atomic mass is 16.3. The number of rotatable bonds is 6. The number of fused-ring (bicyclic) bond motifs is 1. The summed E-state index contributed by atoms with van der Waals surface area (Å²) in [6, 6.07) is 0.0488. The Morgan fingerprint density at radius 3 is 2.68 bits per heavy atom. The van der Waals surface area contributed by atoms with Gasteiger partial charge in [0.1, 0.15) is 5.65 Å². The van der Waals surface area contributed by atoms with Crippen LogP contribution in [0.1, 0.15) is 42.6 Å². The van der Waals surface area contributed by atoms with Crippen molar-refractivity contribution in [3.63, 3.8) is 0 Å². The molecule has 1 aliphatic heterocycles. The number of amides is 2. The molecule has 31 heavy (non-hydrogen) atoms. The highest BCUT2D eigenvalue weighted by molar-refractivity contribution is 5.97. The maximum atomic E-state index is 13.0. The van der Waals surface area contributed by atoms with Crippen LogP contribution in [0.2, 0.25) is 0 Å². The highest BCUT2D eigenvalue weighted by Crippen LogP contribution is 2.24. The first kappa shape index (κ1) is 21.1. The van der Waals surface area contributed by atoms with Crippen LogP contribution < -0.4 is 16.2 Å². The van der Waals surface area contributed by atoms with Crippen molar-refractivity contribution in [1.82, 2.24) is 29.7 Å². The molecule has 0 unspecified atom stereocenters. The molecule has 2 aliphatic rings. The fourth-order valence-corrected chi connectivity index (χ4v) is 3.70. The van der Waals surface area contributed by atoms with E-state index >= 15 is 0 Å². The molecule has 0 aromatic carbocycles. The van der Waals surface area contributed by atoms with Crippen molar-refractivity contribution < 1.29 is 14.7 Å². The molecule has 1 saturated carbocycles. The van der Waals surface area contributed by atoms with Crippen LogP contribution in [0.5, 0.6) is 5.88 Å². The van der Waals surface area contributed by atoms with Gasteiger partial charge in [0, 0.05) is 50.4 Å². The van der Waals surface area contributed by atoms with Crippen molar-refractivity contribution in [3.8, 4) is 5.88 Å². The smallest absolute Gasteiger partial charge is 0.291 e. The van der Waals surface area contributed by atoms with Crippen LogP contribution in [0.15, 0.2) is 17.1 Å². The predicted octanol–water partition coefficient (Wildman–Crippen LogP) is 0.195. The molecule has 2 aromatic rings. The lowest BCUT2D eigenvalue weighted by Crippen LogP contribution is -2.45. The first-order valence-electron chi connectivity index (χ1n) is 10.7. The quantitative estimate of drug-likeness (QED) is 0.565. The van der Waals surface area contributed by atoms with E-state index in [2.05, 4.69) is 15.7 Å². The van der Waals surface area contributed by atoms with Gasteiger partial charge in [0.15, 0.2) is 5.56 Å². The van der Waals surface area contributed by atoms with Crippen molar-refractivity contribution in [1.29, 1.82) is 0 Å². The molecular formula is C21H28N6O4. The Hall–Kier alpha value is -3.14. The zero-order valence-electron chi connectivity index (χ0n) is 17.8. The molecule has 0 radical (unpaired) electrons. The van der Waals surface area contributed by atoms with Gasteiger partial charge in [-0.15, -0.1) is 0 Å². The van der Waals surface area contributed by atoms with Crippen LogP contribution in [0.4, 0.5) is 0 Å². The fourth-order valence-electron chi connectivity index (χ4n) is 3.70. The van der Waals surface area contributed by atoms with E-state index in [1.54, 1.807) is 11.0 Å². The summed E-state index contributed by atoms with van der Waals surface area (Å²) in [4.78, 5) is 39.8. The topological polar surface area (TPSA) is 121 Å². The van der Waals surface area contributed by atoms with Crippen molar-refractivity contribution >= 4 is 23.5 Å². The molecule has 0 spiro atoms. The van der Waals surface area contributed by atoms with Gasteiger partial charge in [-0.2, -0.15) is 9.61 Å². The summed E-state index contributed by atoms with van der Waals surface area (Å²) in [5.41, 5.74) is -0.122. The SMILES string of the molecule is CC(C)Cn1c(O)c(C(=O)NC2CC2)c(=O)n2ncc(/C=C/C(=O)N3CCNCC3)c12. The van der Waals surface area contributed by atoms with E-state index in [4.69, 9.17) is 0 Å². The maximum absolute atomic E-state index is 13.0. The van der Waals surface area contributed by atoms with Crippen molar-refractivity contribution in [2.45, 2.75) is 39.3 Å². The maximum Gasteiger partial charge on any atom is 0.291 e. The van der Waals surface area contributed by atoms with Gasteiger partial charge in [-0.3, -0.25) is 19.0 Å². The zero-order valence-corrected chi connectivity index (χ0v) is 17.8. The normalized spacial score (nSPS) is 17.1. The van der Waals surface area contributed by atoms with E-state index in [1.807, 2.05) is 13.8 Å². The Kier molecular flexibility index (Phi) is 5.81. The number of carbonyl (C=O) groups is 2. The molecule has 2 amide bonds. The Balaban J connectivity index is 1.75. The van der Waals surface area contributed by atoms with Crippen LogP contribution in [-0.2, 0) is 11.3 Å². The Morgan fingerprint density at radius 1 is 1.32 bits per heavy atom. The number of hydrogen-bond acceptors (Lipinski definition) is 6. The van der Waals surface area contributed by atoms with Gasteiger partial charge in [-0.05, 0) is 24.8 Å². The average molecular weight is 428 g/mol. The molecule has 2 aromatic heterocycles. The summed E-state index contributed by atoms with van der Waals surface area (Å²) < 4.78 is 2.65. The van der Waals surface area contributed by atoms with E-state index in [9.17, 15) is 19.5 Å². The zero-order chi connectivity index (χ0) is 22.1. The molecule has 166 valence electrons. The number of aromatic hydroxyl groups is 1. The Bertz CT molecular complexity index is 1090. The third-order valence-corrected chi connectivity index (χ3v) is 5.43. The van der Waals surface area contributed by atoms with E-state index in [1.165, 1.54) is 16.8 Å². The molecule has 3 N–H and O–H groups in total. The summed E-state index contributed by atoms with van der Waals surface area (Å²) in [5.74, 6) is -0.965. The van der Waals surface area contributed by atoms with Gasteiger partial charge in [-0.1, -0.05) is 13.8 Å². The Labute approximate surface area is 179 Å². The molecule has 10 nitrogen and oxygen atoms in total. The lowest BCUT2D eigenvalue weighted by Gasteiger charge is -2.26. The van der Waals surface area contributed by atoms with Crippen LogP contribution in [-0.4, -0.2) is 68.2 Å². The third kappa shape index (κ3) is 4.34. The first-order chi connectivity index (χ1) is 14.9. The fraction of sp³-hybridized carbons (Fsp3) is 0.524. The number of hydrogen-bond donors (Lipinski definition) is 3. The molecule has 0 atom stereocenters. The number of piperazine rings is 1. The minimum absolute atomic E-state index is 0.0488. The molecule has 0 bridgehead atoms. The first-order valence-corrected chi connectivity index (χ1v) is 10.7. The lowest BCUT2D eigenvalue weighted by atomic mass is 10.2. The van der Waals surface area contributed by atoms with Gasteiger partial charge in [0.2, 0.25) is 11.8 Å². The number of carbonyl (C=O) groups excluding carboxylic acids is 2. The standard InChI is InChI=1S/C21H28N6O4/c1-13(2)12-26-19-14(3-6-16(28)25-9-7-22-8-10-25)11-23-27(19)21(31)17(20(26)30)18(29)24-15-4-5-15/h3,6,11,13,15,22,30H,4-5,7-10,12H2,1-2H3,(H,24,29)/b6-3+. The largest absolute Gasteiger partial charge is 0.494 e. The summed E-state index contributed by atoms with van der Waals surface area (Å²) in [6.07, 6.45) is 6.26. The van der Waals surface area contributed by atoms with Crippen LogP contribution in [0, 0.1) is 5.92 Å². The molecule has 4 rings (SSSR count). The number of aromatic nitrogens is 3. The third-order valence-electron chi connectivity index (χ3n) is 5.43. The average Bonchev–Trinajstić information content (AvgIpc) is 3.45. The number of nitrogens with one attached hydrogen (secondary N) is 2. The predicted molar refractivity (Wildman–Crippen MR) is 115 cm³/mol. The van der Waals surface area contributed by atoms with E-state index in [0.29, 0.717) is 30.8 Å². The van der Waals surface area contributed by atoms with E-state index in [-0.39, 0.29) is 29.3 Å². The van der Waals surface area contributed by atoms with Crippen LogP contribution in [0.25, 0.3) is 11.7 Å². The molecule has 1 saturated heterocycles. The second kappa shape index (κ2) is 8.54. The second-order valence-corrected chi connectivity index (χ2v) is 8.50. The van der Waals surface area contributed by atoms with Crippen molar-refractivity contribution in [2.75, 3.05) is 26.2 Å². The molecular weight excluding hydrogens is 400 g/mol. The summed E-state index contributed by atoms with van der Waals surface area (Å²) >= 11 is 0. The minimum atomic E-state index is -0.682. The number of nitrogens with zero attached hydrogens (tertiary/aromatic N) is 4. The summed E-state index contributed by atoms with van der Waals surface area (Å²) in [7, 11) is 0. The van der Waals surface area contributed by atoms with Gasteiger partial charge < -0.3 is 20.6 Å². The van der Waals surface area contributed by atoms with E-state index < -0.39 is 11.5 Å². The second-order valence-electron chi connectivity index (χ2n) is 8.50. The monoisotopic (exact) mass is 428 g/mol. The molecule has 10 heteroatoms. The minimum Gasteiger partial charge on any atom is -0.494 e. The lowest BCUT2D eigenvalue weighted by molar-refractivity contribution is -0.126. The van der Waals surface area contributed by atoms with Gasteiger partial charge in [0.05, 0.1) is 6.20 Å². The highest BCUT2D eigenvalue weighted by Gasteiger charge is 2.29.